The fourth-order valence-corrected chi connectivity index (χ4v) is 4.18. The molecule has 3 rings (SSSR count). The van der Waals surface area contributed by atoms with Crippen LogP contribution < -0.4 is 10.1 Å². The number of rotatable bonds is 6. The summed E-state index contributed by atoms with van der Waals surface area (Å²) in [5.41, 5.74) is 0.467. The summed E-state index contributed by atoms with van der Waals surface area (Å²) >= 11 is 9.63. The minimum Gasteiger partial charge on any atom is -0.495 e. The Labute approximate surface area is 192 Å². The zero-order valence-electron chi connectivity index (χ0n) is 18.2. The van der Waals surface area contributed by atoms with E-state index in [2.05, 4.69) is 31.0 Å². The van der Waals surface area contributed by atoms with Crippen molar-refractivity contribution in [3.8, 4) is 5.75 Å². The lowest BCUT2D eigenvalue weighted by Crippen LogP contribution is -2.64. The highest BCUT2D eigenvalue weighted by Crippen LogP contribution is 2.34. The van der Waals surface area contributed by atoms with E-state index in [0.717, 1.165) is 68.3 Å². The van der Waals surface area contributed by atoms with Gasteiger partial charge in [-0.1, -0.05) is 11.6 Å². The number of hydrogen-bond acceptors (Lipinski definition) is 6. The van der Waals surface area contributed by atoms with Crippen LogP contribution in [0.2, 0.25) is 5.02 Å². The van der Waals surface area contributed by atoms with E-state index in [0.29, 0.717) is 11.1 Å². The maximum absolute atomic E-state index is 12.1. The number of nitrogens with one attached hydrogen (secondary N) is 1. The van der Waals surface area contributed by atoms with Crippen LogP contribution in [0.1, 0.15) is 20.8 Å². The highest BCUT2D eigenvalue weighted by molar-refractivity contribution is 9.10. The Bertz CT molecular complexity index is 745. The molecule has 0 saturated carbocycles. The van der Waals surface area contributed by atoms with Crippen molar-refractivity contribution in [2.75, 3.05) is 64.8 Å². The van der Waals surface area contributed by atoms with Crippen molar-refractivity contribution in [2.45, 2.75) is 32.4 Å². The van der Waals surface area contributed by atoms with Crippen LogP contribution in [0.15, 0.2) is 16.6 Å². The number of likely N-dealkylation sites (tertiary alicyclic amines) is 1. The van der Waals surface area contributed by atoms with Gasteiger partial charge in [-0.2, -0.15) is 0 Å². The summed E-state index contributed by atoms with van der Waals surface area (Å²) in [5.74, 6) is 0.774. The number of methoxy groups -OCH3 is 1. The maximum atomic E-state index is 12.1. The van der Waals surface area contributed by atoms with Gasteiger partial charge in [0.1, 0.15) is 11.4 Å². The third-order valence-electron chi connectivity index (χ3n) is 5.42. The van der Waals surface area contributed by atoms with Crippen LogP contribution in [0, 0.1) is 0 Å². The molecule has 168 valence electrons. The van der Waals surface area contributed by atoms with Gasteiger partial charge < -0.3 is 19.7 Å². The summed E-state index contributed by atoms with van der Waals surface area (Å²) < 4.78 is 11.7. The monoisotopic (exact) mass is 502 g/mol. The molecule has 0 bridgehead atoms. The number of nitrogens with zero attached hydrogens (tertiary/aromatic N) is 3. The van der Waals surface area contributed by atoms with Gasteiger partial charge in [-0.25, -0.2) is 4.79 Å². The maximum Gasteiger partial charge on any atom is 0.410 e. The van der Waals surface area contributed by atoms with Gasteiger partial charge in [0, 0.05) is 62.9 Å². The lowest BCUT2D eigenvalue weighted by Gasteiger charge is -2.48. The lowest BCUT2D eigenvalue weighted by atomic mass is 10.1. The number of benzene rings is 1. The summed E-state index contributed by atoms with van der Waals surface area (Å²) in [6.45, 7) is 13.1. The second-order valence-electron chi connectivity index (χ2n) is 8.81. The second-order valence-corrected chi connectivity index (χ2v) is 10.1. The average Bonchev–Trinajstić information content (AvgIpc) is 2.63. The summed E-state index contributed by atoms with van der Waals surface area (Å²) in [6.07, 6.45) is -0.202. The molecule has 0 aliphatic carbocycles. The lowest BCUT2D eigenvalue weighted by molar-refractivity contribution is -0.0244. The molecule has 0 atom stereocenters. The van der Waals surface area contributed by atoms with E-state index in [4.69, 9.17) is 21.1 Å². The molecule has 1 aromatic carbocycles. The SMILES string of the molecule is COc1cc(Br)c(Cl)cc1NCCN1CCN(C2CN(C(=O)OC(C)(C)C)C2)CC1. The molecule has 2 aliphatic heterocycles. The van der Waals surface area contributed by atoms with Crippen LogP contribution in [0.25, 0.3) is 0 Å². The quantitative estimate of drug-likeness (QED) is 0.638. The number of anilines is 1. The number of carbonyl (C=O) groups is 1. The summed E-state index contributed by atoms with van der Waals surface area (Å²) in [7, 11) is 1.66. The van der Waals surface area contributed by atoms with Crippen LogP contribution in [-0.2, 0) is 4.74 Å². The first kappa shape index (κ1) is 23.4. The Balaban J connectivity index is 1.36. The Morgan fingerprint density at radius 2 is 1.90 bits per heavy atom. The highest BCUT2D eigenvalue weighted by atomic mass is 79.9. The smallest absolute Gasteiger partial charge is 0.410 e. The van der Waals surface area contributed by atoms with Crippen LogP contribution in [0.3, 0.4) is 0 Å². The van der Waals surface area contributed by atoms with Crippen molar-refractivity contribution in [1.82, 2.24) is 14.7 Å². The highest BCUT2D eigenvalue weighted by Gasteiger charge is 2.37. The van der Waals surface area contributed by atoms with E-state index >= 15 is 0 Å². The summed E-state index contributed by atoms with van der Waals surface area (Å²) in [6, 6.07) is 4.21. The van der Waals surface area contributed by atoms with Crippen molar-refractivity contribution in [3.63, 3.8) is 0 Å². The van der Waals surface area contributed by atoms with Crippen molar-refractivity contribution in [1.29, 1.82) is 0 Å². The first-order valence-corrected chi connectivity index (χ1v) is 11.5. The van der Waals surface area contributed by atoms with E-state index in [1.54, 1.807) is 12.0 Å². The molecule has 30 heavy (non-hydrogen) atoms. The standard InChI is InChI=1S/C21H32BrClN4O3/c1-21(2,3)30-20(28)27-13-15(14-27)26-9-7-25(8-10-26)6-5-24-18-12-17(23)16(22)11-19(18)29-4/h11-12,15,24H,5-10,13-14H2,1-4H3. The zero-order valence-corrected chi connectivity index (χ0v) is 20.6. The first-order valence-electron chi connectivity index (χ1n) is 10.4. The average molecular weight is 504 g/mol. The number of halogens is 2. The molecular weight excluding hydrogens is 472 g/mol. The van der Waals surface area contributed by atoms with E-state index in [1.807, 2.05) is 32.9 Å². The molecule has 0 radical (unpaired) electrons. The van der Waals surface area contributed by atoms with Gasteiger partial charge in [0.25, 0.3) is 0 Å². The van der Waals surface area contributed by atoms with Gasteiger partial charge in [0.15, 0.2) is 0 Å². The van der Waals surface area contributed by atoms with E-state index in [9.17, 15) is 4.79 Å². The van der Waals surface area contributed by atoms with Crippen LogP contribution >= 0.6 is 27.5 Å². The van der Waals surface area contributed by atoms with Crippen molar-refractivity contribution >= 4 is 39.3 Å². The Hall–Kier alpha value is -1.22. The van der Waals surface area contributed by atoms with E-state index in [-0.39, 0.29) is 6.09 Å². The van der Waals surface area contributed by atoms with Gasteiger partial charge in [-0.3, -0.25) is 9.80 Å². The predicted octanol–water partition coefficient (Wildman–Crippen LogP) is 3.76. The molecule has 2 saturated heterocycles. The molecule has 1 amide bonds. The summed E-state index contributed by atoms with van der Waals surface area (Å²) in [5, 5.41) is 4.09. The normalized spacial score (nSPS) is 18.8. The molecule has 7 nitrogen and oxygen atoms in total. The number of amides is 1. The van der Waals surface area contributed by atoms with Gasteiger partial charge >= 0.3 is 6.09 Å². The van der Waals surface area contributed by atoms with Crippen LogP contribution in [0.5, 0.6) is 5.75 Å². The number of hydrogen-bond donors (Lipinski definition) is 1. The van der Waals surface area contributed by atoms with Gasteiger partial charge in [0.05, 0.1) is 17.8 Å². The first-order chi connectivity index (χ1) is 14.2. The molecule has 0 spiro atoms. The van der Waals surface area contributed by atoms with Crippen molar-refractivity contribution in [3.05, 3.63) is 21.6 Å². The fourth-order valence-electron chi connectivity index (χ4n) is 3.70. The topological polar surface area (TPSA) is 57.3 Å². The molecule has 2 aliphatic rings. The van der Waals surface area contributed by atoms with E-state index < -0.39 is 5.60 Å². The van der Waals surface area contributed by atoms with Crippen molar-refractivity contribution < 1.29 is 14.3 Å². The Morgan fingerprint density at radius 1 is 1.23 bits per heavy atom. The Kier molecular flexibility index (Phi) is 7.76. The van der Waals surface area contributed by atoms with Crippen LogP contribution in [0.4, 0.5) is 10.5 Å². The van der Waals surface area contributed by atoms with Crippen LogP contribution in [-0.4, -0.2) is 91.9 Å². The number of piperazine rings is 1. The molecule has 1 N–H and O–H groups in total. The molecule has 1 aromatic rings. The molecule has 2 fully saturated rings. The largest absolute Gasteiger partial charge is 0.495 e. The number of carbonyl (C=O) groups excluding carboxylic acids is 1. The minimum absolute atomic E-state index is 0.202. The van der Waals surface area contributed by atoms with Gasteiger partial charge in [-0.15, -0.1) is 0 Å². The fraction of sp³-hybridized carbons (Fsp3) is 0.667. The molecule has 0 unspecified atom stereocenters. The van der Waals surface area contributed by atoms with Gasteiger partial charge in [0.2, 0.25) is 0 Å². The number of ether oxygens (including phenoxy) is 2. The molecule has 9 heteroatoms. The third-order valence-corrected chi connectivity index (χ3v) is 6.62. The predicted molar refractivity (Wildman–Crippen MR) is 124 cm³/mol. The minimum atomic E-state index is -0.437. The van der Waals surface area contributed by atoms with E-state index in [1.165, 1.54) is 0 Å². The summed E-state index contributed by atoms with van der Waals surface area (Å²) in [4.78, 5) is 18.8. The second kappa shape index (κ2) is 9.94. The molecule has 2 heterocycles. The molecule has 0 aromatic heterocycles. The molecular formula is C21H32BrClN4O3. The van der Waals surface area contributed by atoms with Crippen molar-refractivity contribution in [2.24, 2.45) is 0 Å². The third kappa shape index (κ3) is 6.15. The zero-order chi connectivity index (χ0) is 21.9. The Morgan fingerprint density at radius 3 is 2.50 bits per heavy atom. The van der Waals surface area contributed by atoms with Gasteiger partial charge in [-0.05, 0) is 48.8 Å².